The van der Waals surface area contributed by atoms with Crippen molar-refractivity contribution in [3.63, 3.8) is 0 Å². The largest absolute Gasteiger partial charge is 0.355 e. The number of amides is 3. The summed E-state index contributed by atoms with van der Waals surface area (Å²) in [6.45, 7) is 1.46. The molecule has 0 aliphatic carbocycles. The zero-order valence-corrected chi connectivity index (χ0v) is 20.4. The Kier molecular flexibility index (Phi) is 7.16. The fraction of sp³-hybridized carbons (Fsp3) is 0.333. The van der Waals surface area contributed by atoms with Crippen molar-refractivity contribution in [2.75, 3.05) is 18.4 Å². The van der Waals surface area contributed by atoms with Gasteiger partial charge in [0.15, 0.2) is 0 Å². The van der Waals surface area contributed by atoms with Gasteiger partial charge in [0, 0.05) is 35.1 Å². The molecular formula is C27H27ClN4O4. The molecule has 1 aromatic heterocycles. The summed E-state index contributed by atoms with van der Waals surface area (Å²) in [6.07, 6.45) is 4.73. The Morgan fingerprint density at radius 3 is 2.58 bits per heavy atom. The average molecular weight is 507 g/mol. The Labute approximate surface area is 214 Å². The summed E-state index contributed by atoms with van der Waals surface area (Å²) in [7, 11) is 0. The monoisotopic (exact) mass is 506 g/mol. The predicted molar refractivity (Wildman–Crippen MR) is 136 cm³/mol. The number of hydrogen-bond donors (Lipinski definition) is 2. The second kappa shape index (κ2) is 10.6. The summed E-state index contributed by atoms with van der Waals surface area (Å²) in [4.78, 5) is 45.4. The van der Waals surface area contributed by atoms with Crippen LogP contribution in [0, 0.1) is 0 Å². The van der Waals surface area contributed by atoms with Crippen LogP contribution in [-0.2, 0) is 19.1 Å². The molecule has 0 bridgehead atoms. The quantitative estimate of drug-likeness (QED) is 0.529. The zero-order valence-electron chi connectivity index (χ0n) is 19.7. The van der Waals surface area contributed by atoms with Crippen LogP contribution in [0.2, 0.25) is 5.02 Å². The average Bonchev–Trinajstić information content (AvgIpc) is 3.60. The van der Waals surface area contributed by atoms with E-state index in [0.29, 0.717) is 29.1 Å². The summed E-state index contributed by atoms with van der Waals surface area (Å²) in [5, 5.41) is 7.88. The molecule has 2 saturated heterocycles. The number of nitrogens with one attached hydrogen (secondary N) is 2. The minimum absolute atomic E-state index is 0.0598. The van der Waals surface area contributed by atoms with Gasteiger partial charge in [-0.05, 0) is 43.4 Å². The molecule has 0 unspecified atom stereocenters. The van der Waals surface area contributed by atoms with Gasteiger partial charge in [0.05, 0.1) is 11.9 Å². The lowest BCUT2D eigenvalue weighted by Crippen LogP contribution is -2.43. The molecule has 0 radical (unpaired) electrons. The molecule has 8 nitrogen and oxygen atoms in total. The predicted octanol–water partition coefficient (Wildman–Crippen LogP) is 3.85. The van der Waals surface area contributed by atoms with Crippen LogP contribution < -0.4 is 10.6 Å². The second-order valence-electron chi connectivity index (χ2n) is 9.12. The topological polar surface area (TPSA) is 101 Å². The van der Waals surface area contributed by atoms with E-state index in [1.54, 1.807) is 41.6 Å². The Morgan fingerprint density at radius 1 is 1.00 bits per heavy atom. The number of nitrogens with zero attached hydrogens (tertiary/aromatic N) is 2. The van der Waals surface area contributed by atoms with Crippen molar-refractivity contribution >= 4 is 45.8 Å². The summed E-state index contributed by atoms with van der Waals surface area (Å²) >= 11 is 6.19. The minimum Gasteiger partial charge on any atom is -0.355 e. The van der Waals surface area contributed by atoms with Gasteiger partial charge in [-0.2, -0.15) is 0 Å². The first-order chi connectivity index (χ1) is 17.5. The number of benzene rings is 2. The number of aromatic nitrogens is 1. The molecule has 3 amide bonds. The first kappa shape index (κ1) is 24.2. The van der Waals surface area contributed by atoms with Crippen LogP contribution in [0.15, 0.2) is 60.9 Å². The molecule has 2 aliphatic heterocycles. The molecule has 3 heterocycles. The van der Waals surface area contributed by atoms with E-state index < -0.39 is 30.1 Å². The van der Waals surface area contributed by atoms with Gasteiger partial charge in [-0.1, -0.05) is 48.0 Å². The van der Waals surface area contributed by atoms with Crippen LogP contribution >= 0.6 is 11.6 Å². The maximum Gasteiger partial charge on any atom is 0.251 e. The van der Waals surface area contributed by atoms with Crippen LogP contribution in [0.1, 0.15) is 37.3 Å². The van der Waals surface area contributed by atoms with E-state index in [1.807, 2.05) is 24.3 Å². The van der Waals surface area contributed by atoms with Crippen molar-refractivity contribution in [2.24, 2.45) is 0 Å². The molecule has 2 aromatic carbocycles. The van der Waals surface area contributed by atoms with Gasteiger partial charge in [-0.3, -0.25) is 19.4 Å². The van der Waals surface area contributed by atoms with E-state index >= 15 is 0 Å². The van der Waals surface area contributed by atoms with Crippen LogP contribution in [0.4, 0.5) is 5.69 Å². The second-order valence-corrected chi connectivity index (χ2v) is 9.55. The molecule has 2 aliphatic rings. The van der Waals surface area contributed by atoms with Crippen molar-refractivity contribution in [1.82, 2.24) is 15.2 Å². The van der Waals surface area contributed by atoms with Crippen molar-refractivity contribution in [3.05, 3.63) is 71.5 Å². The lowest BCUT2D eigenvalue weighted by Gasteiger charge is -2.22. The Hall–Kier alpha value is -3.49. The number of fused-ring (bicyclic) bond motifs is 1. The van der Waals surface area contributed by atoms with Gasteiger partial charge in [-0.25, -0.2) is 0 Å². The van der Waals surface area contributed by atoms with E-state index in [2.05, 4.69) is 15.6 Å². The van der Waals surface area contributed by atoms with E-state index in [-0.39, 0.29) is 5.91 Å². The van der Waals surface area contributed by atoms with E-state index in [0.717, 1.165) is 36.7 Å². The molecule has 5 rings (SSSR count). The summed E-state index contributed by atoms with van der Waals surface area (Å²) in [5.41, 5.74) is 1.07. The number of anilines is 1. The highest BCUT2D eigenvalue weighted by Gasteiger charge is 2.38. The fourth-order valence-electron chi connectivity index (χ4n) is 4.80. The van der Waals surface area contributed by atoms with Crippen LogP contribution in [0.25, 0.3) is 10.8 Å². The van der Waals surface area contributed by atoms with Crippen molar-refractivity contribution in [1.29, 1.82) is 0 Å². The third-order valence-corrected chi connectivity index (χ3v) is 6.90. The van der Waals surface area contributed by atoms with Gasteiger partial charge in [-0.15, -0.1) is 0 Å². The van der Waals surface area contributed by atoms with Crippen LogP contribution in [0.3, 0.4) is 0 Å². The number of pyridine rings is 1. The molecule has 0 spiro atoms. The molecular weight excluding hydrogens is 480 g/mol. The van der Waals surface area contributed by atoms with Crippen LogP contribution in [0.5, 0.6) is 0 Å². The number of halogens is 1. The van der Waals surface area contributed by atoms with Gasteiger partial charge in [0.25, 0.3) is 11.8 Å². The lowest BCUT2D eigenvalue weighted by atomic mass is 10.0. The van der Waals surface area contributed by atoms with Crippen molar-refractivity contribution < 1.29 is 19.1 Å². The standard InChI is InChI=1S/C27H27ClN4O4/c28-19-8-5-7-17(14-19)24(26(34)30-21-16-29-15-18-6-1-2-9-20(18)21)31-25(33)22-10-11-23(36-22)27(35)32-12-3-4-13-32/h1-2,5-9,14-16,22-24H,3-4,10-13H2,(H,30,34)(H,31,33)/t22-,23+,24+/m1/s1. The zero-order chi connectivity index (χ0) is 25.1. The first-order valence-corrected chi connectivity index (χ1v) is 12.5. The van der Waals surface area contributed by atoms with Crippen LogP contribution in [-0.4, -0.2) is 52.9 Å². The number of carbonyl (C=O) groups excluding carboxylic acids is 3. The normalized spacial score (nSPS) is 20.3. The van der Waals surface area contributed by atoms with E-state index in [1.165, 1.54) is 0 Å². The highest BCUT2D eigenvalue weighted by Crippen LogP contribution is 2.27. The molecule has 3 aromatic rings. The lowest BCUT2D eigenvalue weighted by molar-refractivity contribution is -0.146. The van der Waals surface area contributed by atoms with Gasteiger partial charge in [0.1, 0.15) is 18.2 Å². The molecule has 3 atom stereocenters. The molecule has 186 valence electrons. The highest BCUT2D eigenvalue weighted by molar-refractivity contribution is 6.30. The number of hydrogen-bond acceptors (Lipinski definition) is 5. The van der Waals surface area contributed by atoms with Crippen molar-refractivity contribution in [2.45, 2.75) is 43.9 Å². The Bertz CT molecular complexity index is 1290. The van der Waals surface area contributed by atoms with Gasteiger partial charge in [0.2, 0.25) is 5.91 Å². The van der Waals surface area contributed by atoms with E-state index in [9.17, 15) is 14.4 Å². The third kappa shape index (κ3) is 5.20. The SMILES string of the molecule is O=C(Nc1cncc2ccccc12)[C@@H](NC(=O)[C@H]1CC[C@@H](C(=O)N2CCCC2)O1)c1cccc(Cl)c1. The molecule has 2 N–H and O–H groups in total. The van der Waals surface area contributed by atoms with Gasteiger partial charge >= 0.3 is 0 Å². The van der Waals surface area contributed by atoms with E-state index in [4.69, 9.17) is 16.3 Å². The number of rotatable bonds is 6. The number of ether oxygens (including phenoxy) is 1. The highest BCUT2D eigenvalue weighted by atomic mass is 35.5. The summed E-state index contributed by atoms with van der Waals surface area (Å²) in [6, 6.07) is 13.3. The first-order valence-electron chi connectivity index (χ1n) is 12.1. The van der Waals surface area contributed by atoms with Crippen molar-refractivity contribution in [3.8, 4) is 0 Å². The van der Waals surface area contributed by atoms with Gasteiger partial charge < -0.3 is 20.3 Å². The molecule has 2 fully saturated rings. The maximum atomic E-state index is 13.5. The third-order valence-electron chi connectivity index (χ3n) is 6.66. The molecule has 9 heteroatoms. The fourth-order valence-corrected chi connectivity index (χ4v) is 4.99. The Balaban J connectivity index is 1.33. The molecule has 36 heavy (non-hydrogen) atoms. The molecule has 0 saturated carbocycles. The summed E-state index contributed by atoms with van der Waals surface area (Å²) < 4.78 is 5.84. The Morgan fingerprint density at radius 2 is 1.78 bits per heavy atom. The number of carbonyl (C=O) groups is 3. The minimum atomic E-state index is -1.02. The smallest absolute Gasteiger partial charge is 0.251 e. The number of likely N-dealkylation sites (tertiary alicyclic amines) is 1. The maximum absolute atomic E-state index is 13.5. The summed E-state index contributed by atoms with van der Waals surface area (Å²) in [5.74, 6) is -0.940.